The summed E-state index contributed by atoms with van der Waals surface area (Å²) in [5.74, 6) is 0.148. The number of fused-ring (bicyclic) bond motifs is 2. The molecule has 170 valence electrons. The molecule has 2 heterocycles. The lowest BCUT2D eigenvalue weighted by Gasteiger charge is -2.11. The molecule has 0 aliphatic carbocycles. The zero-order valence-corrected chi connectivity index (χ0v) is 21.0. The van der Waals surface area contributed by atoms with Crippen molar-refractivity contribution in [2.45, 2.75) is 8.68 Å². The normalized spacial score (nSPS) is 11.1. The van der Waals surface area contributed by atoms with Gasteiger partial charge in [-0.2, -0.15) is 0 Å². The summed E-state index contributed by atoms with van der Waals surface area (Å²) in [7, 11) is 0. The first-order valence-corrected chi connectivity index (χ1v) is 13.9. The van der Waals surface area contributed by atoms with Gasteiger partial charge in [0.1, 0.15) is 0 Å². The Bertz CT molecular complexity index is 1300. The number of hydrogen-bond acceptors (Lipinski definition) is 8. The average molecular weight is 523 g/mol. The molecule has 0 fully saturated rings. The number of carbonyl (C=O) groups excluding carboxylic acids is 2. The second-order valence-electron chi connectivity index (χ2n) is 7.11. The van der Waals surface area contributed by atoms with Crippen LogP contribution in [0, 0.1) is 0 Å². The molecule has 2 aromatic heterocycles. The maximum Gasteiger partial charge on any atom is 0.234 e. The molecule has 2 amide bonds. The van der Waals surface area contributed by atoms with Crippen LogP contribution in [0.15, 0.2) is 81.5 Å². The molecule has 3 aromatic carbocycles. The van der Waals surface area contributed by atoms with Crippen LogP contribution < -0.4 is 10.6 Å². The maximum atomic E-state index is 12.6. The summed E-state index contributed by atoms with van der Waals surface area (Å²) >= 11 is 5.94. The Hall–Kier alpha value is -2.92. The molecule has 10 heteroatoms. The van der Waals surface area contributed by atoms with Crippen molar-refractivity contribution >= 4 is 89.8 Å². The second-order valence-corrected chi connectivity index (χ2v) is 11.6. The molecule has 6 nitrogen and oxygen atoms in total. The summed E-state index contributed by atoms with van der Waals surface area (Å²) in [6.07, 6.45) is 0. The fourth-order valence-electron chi connectivity index (χ4n) is 3.15. The first-order chi connectivity index (χ1) is 16.6. The van der Waals surface area contributed by atoms with E-state index in [4.69, 9.17) is 0 Å². The molecule has 0 bridgehead atoms. The standard InChI is InChI=1S/C24H18N4O2S4/c29-21(13-31-23-27-17-9-3-5-11-19(17)33-23)25-15-7-1-2-8-16(15)26-22(30)14-32-24-28-18-10-4-6-12-20(18)34-24/h1-12H,13-14H2,(H,25,29)(H,26,30). The highest BCUT2D eigenvalue weighted by atomic mass is 32.2. The Morgan fingerprint density at radius 2 is 1.06 bits per heavy atom. The van der Waals surface area contributed by atoms with Gasteiger partial charge in [-0.15, -0.1) is 22.7 Å². The van der Waals surface area contributed by atoms with E-state index in [9.17, 15) is 9.59 Å². The lowest BCUT2D eigenvalue weighted by molar-refractivity contribution is -0.114. The van der Waals surface area contributed by atoms with E-state index in [1.54, 1.807) is 34.8 Å². The predicted molar refractivity (Wildman–Crippen MR) is 144 cm³/mol. The van der Waals surface area contributed by atoms with Crippen LogP contribution in [0.2, 0.25) is 0 Å². The number of nitrogens with one attached hydrogen (secondary N) is 2. The summed E-state index contributed by atoms with van der Waals surface area (Å²) in [5, 5.41) is 5.79. The smallest absolute Gasteiger partial charge is 0.234 e. The fraction of sp³-hybridized carbons (Fsp3) is 0.0833. The van der Waals surface area contributed by atoms with Crippen LogP contribution in [0.4, 0.5) is 11.4 Å². The van der Waals surface area contributed by atoms with E-state index in [2.05, 4.69) is 20.6 Å². The van der Waals surface area contributed by atoms with E-state index in [0.717, 1.165) is 29.1 Å². The van der Waals surface area contributed by atoms with E-state index >= 15 is 0 Å². The molecule has 0 aliphatic rings. The van der Waals surface area contributed by atoms with Crippen molar-refractivity contribution in [1.82, 2.24) is 9.97 Å². The van der Waals surface area contributed by atoms with Gasteiger partial charge in [0.05, 0.1) is 43.3 Å². The van der Waals surface area contributed by atoms with Crippen molar-refractivity contribution in [2.24, 2.45) is 0 Å². The number of hydrogen-bond donors (Lipinski definition) is 2. The number of thioether (sulfide) groups is 2. The van der Waals surface area contributed by atoms with Gasteiger partial charge in [-0.1, -0.05) is 59.9 Å². The lowest BCUT2D eigenvalue weighted by Crippen LogP contribution is -2.18. The third-order valence-electron chi connectivity index (χ3n) is 4.68. The highest BCUT2D eigenvalue weighted by Gasteiger charge is 2.13. The Labute approximate surface area is 212 Å². The number of carbonyl (C=O) groups is 2. The van der Waals surface area contributed by atoms with E-state index < -0.39 is 0 Å². The van der Waals surface area contributed by atoms with Gasteiger partial charge >= 0.3 is 0 Å². The molecular weight excluding hydrogens is 505 g/mol. The predicted octanol–water partition coefficient (Wildman–Crippen LogP) is 6.37. The second kappa shape index (κ2) is 10.6. The van der Waals surface area contributed by atoms with Gasteiger partial charge in [0.25, 0.3) is 0 Å². The van der Waals surface area contributed by atoms with Crippen molar-refractivity contribution in [3.05, 3.63) is 72.8 Å². The number of anilines is 2. The largest absolute Gasteiger partial charge is 0.324 e. The van der Waals surface area contributed by atoms with Crippen LogP contribution in [0.1, 0.15) is 0 Å². The average Bonchev–Trinajstić information content (AvgIpc) is 3.46. The molecule has 5 aromatic rings. The van der Waals surface area contributed by atoms with Crippen LogP contribution in [-0.4, -0.2) is 33.3 Å². The van der Waals surface area contributed by atoms with Crippen molar-refractivity contribution in [3.63, 3.8) is 0 Å². The topological polar surface area (TPSA) is 84.0 Å². The summed E-state index contributed by atoms with van der Waals surface area (Å²) in [5.41, 5.74) is 3.01. The number of thiazole rings is 2. The van der Waals surface area contributed by atoms with Gasteiger partial charge in [0.15, 0.2) is 8.68 Å². The zero-order valence-electron chi connectivity index (χ0n) is 17.7. The first-order valence-electron chi connectivity index (χ1n) is 10.3. The van der Waals surface area contributed by atoms with E-state index in [0.29, 0.717) is 11.4 Å². The van der Waals surface area contributed by atoms with Crippen LogP contribution in [-0.2, 0) is 9.59 Å². The van der Waals surface area contributed by atoms with Gasteiger partial charge in [0, 0.05) is 0 Å². The highest BCUT2D eigenvalue weighted by Crippen LogP contribution is 2.31. The lowest BCUT2D eigenvalue weighted by atomic mass is 10.2. The van der Waals surface area contributed by atoms with E-state index in [1.165, 1.54) is 23.5 Å². The minimum atomic E-state index is -0.158. The Morgan fingerprint density at radius 3 is 1.50 bits per heavy atom. The zero-order chi connectivity index (χ0) is 23.3. The molecular formula is C24H18N4O2S4. The molecule has 0 aliphatic heterocycles. The fourth-order valence-corrected chi connectivity index (χ4v) is 6.89. The number of amides is 2. The van der Waals surface area contributed by atoms with Gasteiger partial charge in [0.2, 0.25) is 11.8 Å². The molecule has 0 spiro atoms. The third-order valence-corrected chi connectivity index (χ3v) is 9.04. The van der Waals surface area contributed by atoms with Crippen molar-refractivity contribution in [1.29, 1.82) is 0 Å². The molecule has 0 atom stereocenters. The highest BCUT2D eigenvalue weighted by molar-refractivity contribution is 8.02. The van der Waals surface area contributed by atoms with Gasteiger partial charge < -0.3 is 10.6 Å². The maximum absolute atomic E-state index is 12.6. The minimum absolute atomic E-state index is 0.158. The first kappa shape index (κ1) is 22.9. The summed E-state index contributed by atoms with van der Waals surface area (Å²) < 4.78 is 3.90. The van der Waals surface area contributed by atoms with Gasteiger partial charge in [-0.05, 0) is 36.4 Å². The van der Waals surface area contributed by atoms with Crippen LogP contribution in [0.25, 0.3) is 20.4 Å². The quantitative estimate of drug-likeness (QED) is 0.231. The summed E-state index contributed by atoms with van der Waals surface area (Å²) in [6.45, 7) is 0. The van der Waals surface area contributed by atoms with Crippen LogP contribution in [0.5, 0.6) is 0 Å². The van der Waals surface area contributed by atoms with Crippen LogP contribution in [0.3, 0.4) is 0 Å². The Kier molecular flexibility index (Phi) is 7.10. The molecule has 0 unspecified atom stereocenters. The number of nitrogens with zero attached hydrogens (tertiary/aromatic N) is 2. The third kappa shape index (κ3) is 5.58. The SMILES string of the molecule is O=C(CSc1nc2ccccc2s1)Nc1ccccc1NC(=O)CSc1nc2ccccc2s1. The molecule has 0 radical (unpaired) electrons. The van der Waals surface area contributed by atoms with Gasteiger partial charge in [-0.3, -0.25) is 9.59 Å². The summed E-state index contributed by atoms with van der Waals surface area (Å²) in [4.78, 5) is 34.2. The number of aromatic nitrogens is 2. The van der Waals surface area contributed by atoms with Crippen molar-refractivity contribution in [3.8, 4) is 0 Å². The Morgan fingerprint density at radius 1 is 0.647 bits per heavy atom. The van der Waals surface area contributed by atoms with Gasteiger partial charge in [-0.25, -0.2) is 9.97 Å². The van der Waals surface area contributed by atoms with Crippen molar-refractivity contribution < 1.29 is 9.59 Å². The monoisotopic (exact) mass is 522 g/mol. The number of benzene rings is 3. The van der Waals surface area contributed by atoms with E-state index in [-0.39, 0.29) is 23.3 Å². The number of para-hydroxylation sites is 4. The molecule has 0 saturated carbocycles. The van der Waals surface area contributed by atoms with Crippen molar-refractivity contribution in [2.75, 3.05) is 22.1 Å². The summed E-state index contributed by atoms with van der Waals surface area (Å²) in [6, 6.07) is 23.0. The number of rotatable bonds is 8. The van der Waals surface area contributed by atoms with Crippen LogP contribution >= 0.6 is 46.2 Å². The molecule has 0 saturated heterocycles. The Balaban J connectivity index is 1.16. The minimum Gasteiger partial charge on any atom is -0.324 e. The molecule has 5 rings (SSSR count). The van der Waals surface area contributed by atoms with E-state index in [1.807, 2.05) is 60.7 Å². The molecule has 2 N–H and O–H groups in total. The molecule has 34 heavy (non-hydrogen) atoms.